The molecule has 0 fully saturated rings. The summed E-state index contributed by atoms with van der Waals surface area (Å²) in [6, 6.07) is 0. The second kappa shape index (κ2) is 65.2. The number of unbranched alkanes of at least 4 members (excludes halogenated alkanes) is 46. The molecule has 0 aromatic heterocycles. The summed E-state index contributed by atoms with van der Waals surface area (Å²) in [5.41, 5.74) is 0. The number of carbonyl (C=O) groups excluding carboxylic acids is 3. The van der Waals surface area contributed by atoms with E-state index in [0.717, 1.165) is 83.5 Å². The van der Waals surface area contributed by atoms with Crippen LogP contribution in [-0.2, 0) is 28.6 Å². The van der Waals surface area contributed by atoms with Crippen molar-refractivity contribution in [3.8, 4) is 0 Å². The summed E-state index contributed by atoms with van der Waals surface area (Å²) < 4.78 is 16.9. The number of carbonyl (C=O) groups is 3. The zero-order chi connectivity index (χ0) is 55.0. The molecule has 0 aliphatic carbocycles. The lowest BCUT2D eigenvalue weighted by Gasteiger charge is -2.18. The van der Waals surface area contributed by atoms with Crippen LogP contribution < -0.4 is 0 Å². The van der Waals surface area contributed by atoms with Crippen LogP contribution in [0.5, 0.6) is 0 Å². The molecule has 0 N–H and O–H groups in total. The molecular formula is C70H130O6. The minimum Gasteiger partial charge on any atom is -0.462 e. The van der Waals surface area contributed by atoms with Crippen molar-refractivity contribution in [2.24, 2.45) is 0 Å². The van der Waals surface area contributed by atoms with Crippen molar-refractivity contribution in [3.05, 3.63) is 36.5 Å². The van der Waals surface area contributed by atoms with E-state index in [1.165, 1.54) is 250 Å². The molecule has 6 nitrogen and oxygen atoms in total. The van der Waals surface area contributed by atoms with Crippen molar-refractivity contribution in [3.63, 3.8) is 0 Å². The van der Waals surface area contributed by atoms with E-state index >= 15 is 0 Å². The third-order valence-electron chi connectivity index (χ3n) is 15.4. The minimum absolute atomic E-state index is 0.0759. The Morgan fingerprint density at radius 2 is 0.513 bits per heavy atom. The third-order valence-corrected chi connectivity index (χ3v) is 15.4. The molecule has 0 bridgehead atoms. The zero-order valence-electron chi connectivity index (χ0n) is 51.3. The summed E-state index contributed by atoms with van der Waals surface area (Å²) >= 11 is 0. The van der Waals surface area contributed by atoms with E-state index < -0.39 is 6.10 Å². The first-order valence-electron chi connectivity index (χ1n) is 34.0. The molecule has 0 amide bonds. The summed E-state index contributed by atoms with van der Waals surface area (Å²) in [4.78, 5) is 38.3. The highest BCUT2D eigenvalue weighted by molar-refractivity contribution is 5.71. The molecular weight excluding hydrogens is 937 g/mol. The lowest BCUT2D eigenvalue weighted by atomic mass is 10.0. The fraction of sp³-hybridized carbons (Fsp3) is 0.871. The number of ether oxygens (including phenoxy) is 3. The van der Waals surface area contributed by atoms with Crippen LogP contribution in [0, 0.1) is 0 Å². The summed E-state index contributed by atoms with van der Waals surface area (Å²) in [6.07, 6.45) is 80.4. The van der Waals surface area contributed by atoms with Gasteiger partial charge in [-0.25, -0.2) is 0 Å². The van der Waals surface area contributed by atoms with Crippen LogP contribution in [0.15, 0.2) is 36.5 Å². The molecule has 0 aliphatic heterocycles. The van der Waals surface area contributed by atoms with E-state index in [1.54, 1.807) is 0 Å². The van der Waals surface area contributed by atoms with Crippen molar-refractivity contribution in [2.75, 3.05) is 13.2 Å². The number of esters is 3. The van der Waals surface area contributed by atoms with E-state index in [-0.39, 0.29) is 31.1 Å². The second-order valence-corrected chi connectivity index (χ2v) is 23.1. The van der Waals surface area contributed by atoms with Crippen molar-refractivity contribution < 1.29 is 28.6 Å². The normalized spacial score (nSPS) is 12.2. The van der Waals surface area contributed by atoms with Crippen molar-refractivity contribution in [1.29, 1.82) is 0 Å². The fourth-order valence-electron chi connectivity index (χ4n) is 10.3. The largest absolute Gasteiger partial charge is 0.462 e. The van der Waals surface area contributed by atoms with Crippen LogP contribution in [0.25, 0.3) is 0 Å². The van der Waals surface area contributed by atoms with Crippen LogP contribution in [0.4, 0.5) is 0 Å². The van der Waals surface area contributed by atoms with Crippen LogP contribution in [-0.4, -0.2) is 37.2 Å². The topological polar surface area (TPSA) is 78.9 Å². The van der Waals surface area contributed by atoms with Crippen molar-refractivity contribution >= 4 is 17.9 Å². The Bertz CT molecular complexity index is 1270. The Kier molecular flexibility index (Phi) is 63.1. The van der Waals surface area contributed by atoms with Crippen molar-refractivity contribution in [2.45, 2.75) is 380 Å². The molecule has 1 atom stereocenters. The van der Waals surface area contributed by atoms with Gasteiger partial charge in [-0.3, -0.25) is 14.4 Å². The molecule has 446 valence electrons. The van der Waals surface area contributed by atoms with E-state index in [2.05, 4.69) is 57.2 Å². The molecule has 0 aromatic carbocycles. The average molecular weight is 1070 g/mol. The molecule has 0 aromatic rings. The van der Waals surface area contributed by atoms with Gasteiger partial charge in [-0.05, 0) is 51.4 Å². The van der Waals surface area contributed by atoms with E-state index in [4.69, 9.17) is 14.2 Å². The first-order chi connectivity index (χ1) is 37.5. The van der Waals surface area contributed by atoms with Gasteiger partial charge in [0.2, 0.25) is 0 Å². The van der Waals surface area contributed by atoms with Crippen LogP contribution in [0.3, 0.4) is 0 Å². The maximum absolute atomic E-state index is 12.9. The first kappa shape index (κ1) is 73.6. The maximum atomic E-state index is 12.9. The first-order valence-corrected chi connectivity index (χ1v) is 34.0. The summed E-state index contributed by atoms with van der Waals surface area (Å²) in [7, 11) is 0. The standard InChI is InChI=1S/C70H130O6/c1-4-7-10-13-16-19-22-25-27-29-31-32-33-34-35-36-37-39-40-42-45-48-51-54-57-60-63-69(72)75-66-67(65-74-68(71)62-59-56-53-50-47-44-24-21-18-15-12-9-6-3)76-70(73)64-61-58-55-52-49-46-43-41-38-30-28-26-23-20-17-14-11-8-5-2/h9,12,18,21,44,47,67H,4-8,10-11,13-17,19-20,22-43,45-46,48-66H2,1-3H3/b12-9-,21-18-,47-44-. The Balaban J connectivity index is 4.21. The number of rotatable bonds is 63. The fourth-order valence-corrected chi connectivity index (χ4v) is 10.3. The van der Waals surface area contributed by atoms with Gasteiger partial charge in [0.05, 0.1) is 0 Å². The maximum Gasteiger partial charge on any atom is 0.306 e. The van der Waals surface area contributed by atoms with E-state index in [0.29, 0.717) is 19.3 Å². The molecule has 0 saturated heterocycles. The highest BCUT2D eigenvalue weighted by Crippen LogP contribution is 2.19. The smallest absolute Gasteiger partial charge is 0.306 e. The summed E-state index contributed by atoms with van der Waals surface area (Å²) in [5, 5.41) is 0. The van der Waals surface area contributed by atoms with Crippen molar-refractivity contribution in [1.82, 2.24) is 0 Å². The Labute approximate surface area is 474 Å². The van der Waals surface area contributed by atoms with Gasteiger partial charge in [0.25, 0.3) is 0 Å². The van der Waals surface area contributed by atoms with Gasteiger partial charge < -0.3 is 14.2 Å². The van der Waals surface area contributed by atoms with E-state index in [9.17, 15) is 14.4 Å². The van der Waals surface area contributed by atoms with Gasteiger partial charge in [-0.15, -0.1) is 0 Å². The highest BCUT2D eigenvalue weighted by Gasteiger charge is 2.19. The van der Waals surface area contributed by atoms with Crippen LogP contribution in [0.1, 0.15) is 374 Å². The average Bonchev–Trinajstić information content (AvgIpc) is 3.42. The molecule has 1 unspecified atom stereocenters. The quantitative estimate of drug-likeness (QED) is 0.0261. The number of hydrogen-bond donors (Lipinski definition) is 0. The third kappa shape index (κ3) is 62.5. The predicted octanol–water partition coefficient (Wildman–Crippen LogP) is 23.2. The minimum atomic E-state index is -0.781. The number of allylic oxidation sites excluding steroid dienone is 6. The predicted molar refractivity (Wildman–Crippen MR) is 330 cm³/mol. The molecule has 0 rings (SSSR count). The Morgan fingerprint density at radius 1 is 0.276 bits per heavy atom. The molecule has 0 aliphatic rings. The SMILES string of the molecule is CC/C=C\C/C=C\C/C=C\CCCCCC(=O)OCC(COC(=O)CCCCCCCCCCCCCCCCCCCCCCCCCCCC)OC(=O)CCCCCCCCCCCCCCCCCCCCC. The molecule has 6 heteroatoms. The molecule has 0 saturated carbocycles. The van der Waals surface area contributed by atoms with Gasteiger partial charge in [0, 0.05) is 19.3 Å². The molecule has 0 radical (unpaired) electrons. The van der Waals surface area contributed by atoms with Gasteiger partial charge in [-0.2, -0.15) is 0 Å². The summed E-state index contributed by atoms with van der Waals surface area (Å²) in [6.45, 7) is 6.58. The Hall–Kier alpha value is -2.37. The molecule has 76 heavy (non-hydrogen) atoms. The van der Waals surface area contributed by atoms with Crippen LogP contribution >= 0.6 is 0 Å². The van der Waals surface area contributed by atoms with Gasteiger partial charge in [0.1, 0.15) is 13.2 Å². The Morgan fingerprint density at radius 3 is 0.803 bits per heavy atom. The highest BCUT2D eigenvalue weighted by atomic mass is 16.6. The second-order valence-electron chi connectivity index (χ2n) is 23.1. The van der Waals surface area contributed by atoms with Crippen LogP contribution in [0.2, 0.25) is 0 Å². The van der Waals surface area contributed by atoms with Gasteiger partial charge in [-0.1, -0.05) is 340 Å². The monoisotopic (exact) mass is 1070 g/mol. The number of hydrogen-bond acceptors (Lipinski definition) is 6. The molecule has 0 heterocycles. The van der Waals surface area contributed by atoms with E-state index in [1.807, 2.05) is 0 Å². The zero-order valence-corrected chi connectivity index (χ0v) is 51.3. The lowest BCUT2D eigenvalue weighted by Crippen LogP contribution is -2.30. The molecule has 0 spiro atoms. The van der Waals surface area contributed by atoms with Gasteiger partial charge in [0.15, 0.2) is 6.10 Å². The van der Waals surface area contributed by atoms with Gasteiger partial charge >= 0.3 is 17.9 Å². The lowest BCUT2D eigenvalue weighted by molar-refractivity contribution is -0.167. The summed E-state index contributed by atoms with van der Waals surface area (Å²) in [5.74, 6) is -0.879.